The molecule has 2 rings (SSSR count). The zero-order valence-corrected chi connectivity index (χ0v) is 12.4. The molecular formula is C14H24N2OS. The van der Waals surface area contributed by atoms with Crippen molar-refractivity contribution < 1.29 is 4.74 Å². The summed E-state index contributed by atoms with van der Waals surface area (Å²) >= 11 is 1.91. The van der Waals surface area contributed by atoms with Crippen molar-refractivity contribution in [3.05, 3.63) is 21.9 Å². The molecule has 1 aliphatic rings. The Labute approximate surface area is 114 Å². The van der Waals surface area contributed by atoms with Gasteiger partial charge in [-0.3, -0.25) is 4.90 Å². The van der Waals surface area contributed by atoms with E-state index in [2.05, 4.69) is 35.5 Å². The van der Waals surface area contributed by atoms with Crippen LogP contribution in [0.15, 0.2) is 11.4 Å². The van der Waals surface area contributed by atoms with Crippen LogP contribution in [0.4, 0.5) is 0 Å². The number of nitrogens with one attached hydrogen (secondary N) is 1. The zero-order chi connectivity index (χ0) is 13.0. The molecule has 3 nitrogen and oxygen atoms in total. The maximum absolute atomic E-state index is 5.13. The monoisotopic (exact) mass is 268 g/mol. The third kappa shape index (κ3) is 3.32. The predicted molar refractivity (Wildman–Crippen MR) is 77.4 cm³/mol. The molecule has 2 unspecified atom stereocenters. The van der Waals surface area contributed by atoms with Gasteiger partial charge in [-0.25, -0.2) is 0 Å². The summed E-state index contributed by atoms with van der Waals surface area (Å²) < 4.78 is 5.13. The van der Waals surface area contributed by atoms with Crippen molar-refractivity contribution in [3.8, 4) is 0 Å². The summed E-state index contributed by atoms with van der Waals surface area (Å²) in [6.07, 6.45) is 1.21. The van der Waals surface area contributed by atoms with E-state index in [1.165, 1.54) is 18.5 Å². The molecule has 0 aromatic carbocycles. The Bertz CT molecular complexity index is 366. The minimum Gasteiger partial charge on any atom is -0.383 e. The van der Waals surface area contributed by atoms with Gasteiger partial charge in [-0.2, -0.15) is 0 Å². The summed E-state index contributed by atoms with van der Waals surface area (Å²) in [5.41, 5.74) is 1.54. The number of hydrogen-bond acceptors (Lipinski definition) is 4. The summed E-state index contributed by atoms with van der Waals surface area (Å²) in [7, 11) is 1.75. The van der Waals surface area contributed by atoms with Crippen molar-refractivity contribution >= 4 is 11.3 Å². The van der Waals surface area contributed by atoms with Crippen molar-refractivity contribution in [1.82, 2.24) is 10.2 Å². The lowest BCUT2D eigenvalue weighted by atomic mass is 10.0. The minimum atomic E-state index is 0.437. The van der Waals surface area contributed by atoms with Crippen LogP contribution in [0, 0.1) is 0 Å². The smallest absolute Gasteiger partial charge is 0.0613 e. The first kappa shape index (κ1) is 14.0. The van der Waals surface area contributed by atoms with Crippen LogP contribution in [-0.4, -0.2) is 44.3 Å². The van der Waals surface area contributed by atoms with Gasteiger partial charge in [-0.05, 0) is 37.3 Å². The van der Waals surface area contributed by atoms with E-state index in [-0.39, 0.29) is 0 Å². The quantitative estimate of drug-likeness (QED) is 0.857. The van der Waals surface area contributed by atoms with Crippen molar-refractivity contribution in [2.75, 3.05) is 33.4 Å². The SMILES string of the molecule is COCC(C)NCCN1CCc2sccc2C1C. The Hall–Kier alpha value is -0.420. The molecule has 0 saturated carbocycles. The molecule has 18 heavy (non-hydrogen) atoms. The van der Waals surface area contributed by atoms with Gasteiger partial charge in [0.25, 0.3) is 0 Å². The van der Waals surface area contributed by atoms with Gasteiger partial charge in [-0.1, -0.05) is 0 Å². The third-order valence-electron chi connectivity index (χ3n) is 3.71. The number of rotatable bonds is 6. The molecule has 102 valence electrons. The summed E-state index contributed by atoms with van der Waals surface area (Å²) in [5, 5.41) is 5.73. The average molecular weight is 268 g/mol. The predicted octanol–water partition coefficient (Wildman–Crippen LogP) is 2.29. The molecule has 0 amide bonds. The lowest BCUT2D eigenvalue weighted by Crippen LogP contribution is -2.41. The number of ether oxygens (including phenoxy) is 1. The van der Waals surface area contributed by atoms with E-state index >= 15 is 0 Å². The topological polar surface area (TPSA) is 24.5 Å². The van der Waals surface area contributed by atoms with E-state index in [0.717, 1.165) is 19.7 Å². The first-order chi connectivity index (χ1) is 8.72. The molecule has 1 aliphatic heterocycles. The highest BCUT2D eigenvalue weighted by Gasteiger charge is 2.23. The standard InChI is InChI=1S/C14H24N2OS/c1-11(10-17-3)15-6-8-16-7-4-14-13(12(16)2)5-9-18-14/h5,9,11-12,15H,4,6-8,10H2,1-3H3. The molecule has 0 fully saturated rings. The largest absolute Gasteiger partial charge is 0.383 e. The third-order valence-corrected chi connectivity index (χ3v) is 4.71. The number of methoxy groups -OCH3 is 1. The van der Waals surface area contributed by atoms with Crippen LogP contribution < -0.4 is 5.32 Å². The number of fused-ring (bicyclic) bond motifs is 1. The van der Waals surface area contributed by atoms with Gasteiger partial charge in [0.2, 0.25) is 0 Å². The molecule has 0 bridgehead atoms. The zero-order valence-electron chi connectivity index (χ0n) is 11.6. The van der Waals surface area contributed by atoms with Gasteiger partial charge in [0.15, 0.2) is 0 Å². The molecule has 2 heterocycles. The average Bonchev–Trinajstić information content (AvgIpc) is 2.81. The van der Waals surface area contributed by atoms with Crippen molar-refractivity contribution in [2.24, 2.45) is 0 Å². The first-order valence-electron chi connectivity index (χ1n) is 6.75. The van der Waals surface area contributed by atoms with Crippen LogP contribution in [0.2, 0.25) is 0 Å². The van der Waals surface area contributed by atoms with Crippen LogP contribution in [0.1, 0.15) is 30.3 Å². The summed E-state index contributed by atoms with van der Waals surface area (Å²) in [6, 6.07) is 3.30. The van der Waals surface area contributed by atoms with E-state index in [0.29, 0.717) is 12.1 Å². The van der Waals surface area contributed by atoms with Gasteiger partial charge in [0, 0.05) is 43.7 Å². The molecule has 0 aliphatic carbocycles. The fraction of sp³-hybridized carbons (Fsp3) is 0.714. The lowest BCUT2D eigenvalue weighted by Gasteiger charge is -2.33. The molecular weight excluding hydrogens is 244 g/mol. The normalized spacial score (nSPS) is 21.8. The summed E-state index contributed by atoms with van der Waals surface area (Å²) in [6.45, 7) is 8.61. The maximum atomic E-state index is 5.13. The van der Waals surface area contributed by atoms with Crippen LogP contribution in [0.5, 0.6) is 0 Å². The molecule has 0 saturated heterocycles. The molecule has 2 atom stereocenters. The second-order valence-corrected chi connectivity index (χ2v) is 6.07. The second-order valence-electron chi connectivity index (χ2n) is 5.07. The lowest BCUT2D eigenvalue weighted by molar-refractivity contribution is 0.162. The summed E-state index contributed by atoms with van der Waals surface area (Å²) in [5.74, 6) is 0. The van der Waals surface area contributed by atoms with E-state index < -0.39 is 0 Å². The van der Waals surface area contributed by atoms with E-state index in [1.54, 1.807) is 12.0 Å². The van der Waals surface area contributed by atoms with Crippen LogP contribution in [-0.2, 0) is 11.2 Å². The van der Waals surface area contributed by atoms with Crippen LogP contribution >= 0.6 is 11.3 Å². The molecule has 1 aromatic heterocycles. The minimum absolute atomic E-state index is 0.437. The van der Waals surface area contributed by atoms with Crippen LogP contribution in [0.3, 0.4) is 0 Å². The number of hydrogen-bond donors (Lipinski definition) is 1. The van der Waals surface area contributed by atoms with Gasteiger partial charge < -0.3 is 10.1 Å². The van der Waals surface area contributed by atoms with Gasteiger partial charge in [-0.15, -0.1) is 11.3 Å². The van der Waals surface area contributed by atoms with Crippen LogP contribution in [0.25, 0.3) is 0 Å². The number of nitrogens with zero attached hydrogens (tertiary/aromatic N) is 1. The molecule has 0 spiro atoms. The van der Waals surface area contributed by atoms with E-state index in [1.807, 2.05) is 11.3 Å². The molecule has 1 N–H and O–H groups in total. The second kappa shape index (κ2) is 6.66. The van der Waals surface area contributed by atoms with E-state index in [4.69, 9.17) is 4.74 Å². The molecule has 1 aromatic rings. The molecule has 0 radical (unpaired) electrons. The Kier molecular flexibility index (Phi) is 5.18. The van der Waals surface area contributed by atoms with E-state index in [9.17, 15) is 0 Å². The summed E-state index contributed by atoms with van der Waals surface area (Å²) in [4.78, 5) is 4.15. The highest BCUT2D eigenvalue weighted by atomic mass is 32.1. The maximum Gasteiger partial charge on any atom is 0.0613 e. The fourth-order valence-corrected chi connectivity index (χ4v) is 3.59. The van der Waals surface area contributed by atoms with Crippen molar-refractivity contribution in [2.45, 2.75) is 32.4 Å². The Morgan fingerprint density at radius 1 is 1.61 bits per heavy atom. The van der Waals surface area contributed by atoms with Crippen molar-refractivity contribution in [1.29, 1.82) is 0 Å². The van der Waals surface area contributed by atoms with Gasteiger partial charge in [0.05, 0.1) is 6.61 Å². The highest BCUT2D eigenvalue weighted by Crippen LogP contribution is 2.32. The first-order valence-corrected chi connectivity index (χ1v) is 7.63. The van der Waals surface area contributed by atoms with Gasteiger partial charge >= 0.3 is 0 Å². The number of thiophene rings is 1. The Balaban J connectivity index is 1.78. The fourth-order valence-electron chi connectivity index (χ4n) is 2.63. The molecule has 4 heteroatoms. The van der Waals surface area contributed by atoms with Gasteiger partial charge in [0.1, 0.15) is 0 Å². The Morgan fingerprint density at radius 2 is 2.44 bits per heavy atom. The van der Waals surface area contributed by atoms with Crippen molar-refractivity contribution in [3.63, 3.8) is 0 Å². The highest BCUT2D eigenvalue weighted by molar-refractivity contribution is 7.10. The Morgan fingerprint density at radius 3 is 3.22 bits per heavy atom.